The number of hydrogen-bond donors (Lipinski definition) is 1. The normalized spacial score (nSPS) is 11.5. The summed E-state index contributed by atoms with van der Waals surface area (Å²) in [6.45, 7) is 1.88. The monoisotopic (exact) mass is 333 g/mol. The molecule has 1 aromatic carbocycles. The highest BCUT2D eigenvalue weighted by Crippen LogP contribution is 2.34. The van der Waals surface area contributed by atoms with Gasteiger partial charge in [-0.1, -0.05) is 11.6 Å². The van der Waals surface area contributed by atoms with Crippen molar-refractivity contribution < 1.29 is 8.42 Å². The first kappa shape index (κ1) is 14.7. The summed E-state index contributed by atoms with van der Waals surface area (Å²) in [5.74, 6) is 0. The van der Waals surface area contributed by atoms with E-state index in [1.807, 2.05) is 6.92 Å². The van der Waals surface area contributed by atoms with Crippen LogP contribution in [0.15, 0.2) is 53.8 Å². The van der Waals surface area contributed by atoms with Gasteiger partial charge >= 0.3 is 0 Å². The molecule has 7 heteroatoms. The smallest absolute Gasteiger partial charge is 0.263 e. The number of rotatable bonds is 3. The van der Waals surface area contributed by atoms with E-state index >= 15 is 0 Å². The molecule has 0 aliphatic rings. The van der Waals surface area contributed by atoms with Gasteiger partial charge in [0.25, 0.3) is 10.0 Å². The van der Waals surface area contributed by atoms with Crippen molar-refractivity contribution in [1.82, 2.24) is 9.97 Å². The first-order valence-corrected chi connectivity index (χ1v) is 8.32. The molecule has 0 unspecified atom stereocenters. The van der Waals surface area contributed by atoms with Gasteiger partial charge in [0.2, 0.25) is 0 Å². The molecule has 0 spiro atoms. The number of hydrogen-bond acceptors (Lipinski definition) is 4. The molecule has 0 aliphatic carbocycles. The number of pyridine rings is 2. The third kappa shape index (κ3) is 2.63. The van der Waals surface area contributed by atoms with Crippen LogP contribution >= 0.6 is 11.6 Å². The summed E-state index contributed by atoms with van der Waals surface area (Å²) >= 11 is 6.23. The van der Waals surface area contributed by atoms with Crippen LogP contribution < -0.4 is 4.72 Å². The van der Waals surface area contributed by atoms with Crippen LogP contribution in [0.1, 0.15) is 5.56 Å². The molecule has 0 fully saturated rings. The van der Waals surface area contributed by atoms with E-state index in [4.69, 9.17) is 11.6 Å². The average molecular weight is 334 g/mol. The molecule has 0 bridgehead atoms. The second-order valence-corrected chi connectivity index (χ2v) is 6.83. The van der Waals surface area contributed by atoms with Crippen molar-refractivity contribution in [3.05, 3.63) is 59.5 Å². The maximum absolute atomic E-state index is 12.5. The van der Waals surface area contributed by atoms with Crippen LogP contribution in [0.5, 0.6) is 0 Å². The Bertz CT molecular complexity index is 944. The first-order valence-electron chi connectivity index (χ1n) is 6.46. The Kier molecular flexibility index (Phi) is 3.72. The van der Waals surface area contributed by atoms with Crippen molar-refractivity contribution in [3.63, 3.8) is 0 Å². The molecule has 3 aromatic rings. The molecule has 0 atom stereocenters. The second-order valence-electron chi connectivity index (χ2n) is 4.74. The van der Waals surface area contributed by atoms with Crippen LogP contribution in [0.25, 0.3) is 10.9 Å². The van der Waals surface area contributed by atoms with Gasteiger partial charge in [-0.25, -0.2) is 8.42 Å². The number of anilines is 1. The molecular formula is C15H12ClN3O2S. The van der Waals surface area contributed by atoms with Crippen LogP contribution in [-0.2, 0) is 10.0 Å². The Morgan fingerprint density at radius 2 is 1.95 bits per heavy atom. The van der Waals surface area contributed by atoms with Crippen LogP contribution in [0.4, 0.5) is 5.69 Å². The van der Waals surface area contributed by atoms with E-state index in [1.54, 1.807) is 30.5 Å². The number of sulfonamides is 1. The standard InChI is InChI=1S/C15H12ClN3O2S/c1-10-8-13(16)15(12-5-3-7-18-14(10)12)19-22(20,21)11-4-2-6-17-9-11/h2-9,19H,1H3. The number of aromatic nitrogens is 2. The quantitative estimate of drug-likeness (QED) is 0.797. The van der Waals surface area contributed by atoms with Crippen molar-refractivity contribution in [3.8, 4) is 0 Å². The largest absolute Gasteiger partial charge is 0.277 e. The number of benzene rings is 1. The van der Waals surface area contributed by atoms with Crippen molar-refractivity contribution in [1.29, 1.82) is 0 Å². The van der Waals surface area contributed by atoms with Gasteiger partial charge in [-0.2, -0.15) is 0 Å². The van der Waals surface area contributed by atoms with Gasteiger partial charge in [-0.3, -0.25) is 14.7 Å². The van der Waals surface area contributed by atoms with Gasteiger partial charge in [-0.05, 0) is 42.8 Å². The molecule has 0 radical (unpaired) electrons. The maximum atomic E-state index is 12.5. The van der Waals surface area contributed by atoms with Crippen LogP contribution in [0.3, 0.4) is 0 Å². The zero-order chi connectivity index (χ0) is 15.7. The van der Waals surface area contributed by atoms with Gasteiger partial charge in [0, 0.05) is 24.0 Å². The summed E-state index contributed by atoms with van der Waals surface area (Å²) in [7, 11) is -3.76. The van der Waals surface area contributed by atoms with Gasteiger partial charge < -0.3 is 0 Å². The highest BCUT2D eigenvalue weighted by atomic mass is 35.5. The molecule has 22 heavy (non-hydrogen) atoms. The van der Waals surface area contributed by atoms with Gasteiger partial charge in [0.1, 0.15) is 4.90 Å². The summed E-state index contributed by atoms with van der Waals surface area (Å²) in [6, 6.07) is 8.24. The van der Waals surface area contributed by atoms with Crippen molar-refractivity contribution in [2.24, 2.45) is 0 Å². The van der Waals surface area contributed by atoms with E-state index in [0.29, 0.717) is 21.6 Å². The van der Waals surface area contributed by atoms with Crippen LogP contribution in [0.2, 0.25) is 5.02 Å². The molecule has 0 saturated heterocycles. The predicted octanol–water partition coefficient (Wildman–Crippen LogP) is 3.39. The molecule has 112 valence electrons. The molecule has 3 rings (SSSR count). The molecule has 2 aromatic heterocycles. The van der Waals surface area contributed by atoms with Crippen LogP contribution in [0, 0.1) is 6.92 Å². The zero-order valence-electron chi connectivity index (χ0n) is 11.6. The summed E-state index contributed by atoms with van der Waals surface area (Å²) in [6.07, 6.45) is 4.45. The summed E-state index contributed by atoms with van der Waals surface area (Å²) in [4.78, 5) is 8.18. The number of halogens is 1. The van der Waals surface area contributed by atoms with Gasteiger partial charge in [-0.15, -0.1) is 0 Å². The van der Waals surface area contributed by atoms with E-state index < -0.39 is 10.0 Å². The molecule has 1 N–H and O–H groups in total. The minimum atomic E-state index is -3.76. The van der Waals surface area contributed by atoms with E-state index in [2.05, 4.69) is 14.7 Å². The average Bonchev–Trinajstić information content (AvgIpc) is 2.52. The summed E-state index contributed by atoms with van der Waals surface area (Å²) in [5.41, 5.74) is 1.90. The predicted molar refractivity (Wildman–Crippen MR) is 86.5 cm³/mol. The van der Waals surface area contributed by atoms with Gasteiger partial charge in [0.15, 0.2) is 0 Å². The van der Waals surface area contributed by atoms with Crippen molar-refractivity contribution >= 4 is 38.2 Å². The zero-order valence-corrected chi connectivity index (χ0v) is 13.2. The fraction of sp³-hybridized carbons (Fsp3) is 0.0667. The Labute approximate surface area is 133 Å². The maximum Gasteiger partial charge on any atom is 0.263 e. The topological polar surface area (TPSA) is 72.0 Å². The lowest BCUT2D eigenvalue weighted by Crippen LogP contribution is -2.14. The Hall–Kier alpha value is -2.18. The second kappa shape index (κ2) is 5.55. The lowest BCUT2D eigenvalue weighted by atomic mass is 10.1. The molecule has 2 heterocycles. The molecule has 0 aliphatic heterocycles. The molecule has 0 amide bonds. The Morgan fingerprint density at radius 1 is 1.18 bits per heavy atom. The summed E-state index contributed by atoms with van der Waals surface area (Å²) in [5, 5.41) is 0.977. The first-order chi connectivity index (χ1) is 10.5. The molecular weight excluding hydrogens is 322 g/mol. The van der Waals surface area contributed by atoms with E-state index in [9.17, 15) is 8.42 Å². The third-order valence-electron chi connectivity index (χ3n) is 3.21. The Morgan fingerprint density at radius 3 is 2.68 bits per heavy atom. The highest BCUT2D eigenvalue weighted by molar-refractivity contribution is 7.92. The fourth-order valence-corrected chi connectivity index (χ4v) is 3.62. The molecule has 0 saturated carbocycles. The highest BCUT2D eigenvalue weighted by Gasteiger charge is 2.18. The Balaban J connectivity index is 2.16. The summed E-state index contributed by atoms with van der Waals surface area (Å²) < 4.78 is 27.4. The van der Waals surface area contributed by atoms with Crippen molar-refractivity contribution in [2.45, 2.75) is 11.8 Å². The van der Waals surface area contributed by atoms with E-state index in [1.165, 1.54) is 18.5 Å². The molecule has 5 nitrogen and oxygen atoms in total. The van der Waals surface area contributed by atoms with Gasteiger partial charge in [0.05, 0.1) is 16.2 Å². The third-order valence-corrected chi connectivity index (χ3v) is 4.85. The number of aryl methyl sites for hydroxylation is 1. The fourth-order valence-electron chi connectivity index (χ4n) is 2.18. The van der Waals surface area contributed by atoms with E-state index in [-0.39, 0.29) is 4.90 Å². The SMILES string of the molecule is Cc1cc(Cl)c(NS(=O)(=O)c2cccnc2)c2cccnc12. The lowest BCUT2D eigenvalue weighted by molar-refractivity contribution is 0.601. The van der Waals surface area contributed by atoms with E-state index in [0.717, 1.165) is 5.56 Å². The minimum Gasteiger partial charge on any atom is -0.277 e. The number of nitrogens with one attached hydrogen (secondary N) is 1. The lowest BCUT2D eigenvalue weighted by Gasteiger charge is -2.13. The number of nitrogens with zero attached hydrogens (tertiary/aromatic N) is 2. The van der Waals surface area contributed by atoms with Crippen molar-refractivity contribution in [2.75, 3.05) is 4.72 Å². The van der Waals surface area contributed by atoms with Crippen LogP contribution in [-0.4, -0.2) is 18.4 Å². The number of fused-ring (bicyclic) bond motifs is 1. The minimum absolute atomic E-state index is 0.0729.